The maximum absolute atomic E-state index is 13.3. The Balaban J connectivity index is 1.81. The number of carbonyl (C=O) groups excluding carboxylic acids is 1. The minimum absolute atomic E-state index is 0.186. The third-order valence-electron chi connectivity index (χ3n) is 3.46. The lowest BCUT2D eigenvalue weighted by Gasteiger charge is -2.09. The summed E-state index contributed by atoms with van der Waals surface area (Å²) in [5.74, 6) is -4.08. The molecular weight excluding hydrogens is 302 g/mol. The Labute approximate surface area is 130 Å². The topological polar surface area (TPSA) is 62.2 Å². The zero-order chi connectivity index (χ0) is 16.4. The summed E-state index contributed by atoms with van der Waals surface area (Å²) in [7, 11) is 0. The van der Waals surface area contributed by atoms with E-state index in [2.05, 4.69) is 10.3 Å². The standard InChI is InChI=1S/C17H12F2N2O2/c18-13-7-11(8-14(19)16(13)22)17(23)21-9-10-5-6-20-15-4-2-1-3-12(10)15/h1-8,22H,9H2,(H,21,23). The fourth-order valence-corrected chi connectivity index (χ4v) is 2.28. The van der Waals surface area contributed by atoms with Crippen molar-refractivity contribution in [3.8, 4) is 5.75 Å². The smallest absolute Gasteiger partial charge is 0.251 e. The van der Waals surface area contributed by atoms with Crippen LogP contribution in [-0.4, -0.2) is 16.0 Å². The van der Waals surface area contributed by atoms with E-state index >= 15 is 0 Å². The number of amides is 1. The van der Waals surface area contributed by atoms with Crippen LogP contribution in [0.3, 0.4) is 0 Å². The van der Waals surface area contributed by atoms with Crippen molar-refractivity contribution in [3.63, 3.8) is 0 Å². The Kier molecular flexibility index (Phi) is 3.89. The van der Waals surface area contributed by atoms with Crippen molar-refractivity contribution in [2.75, 3.05) is 0 Å². The summed E-state index contributed by atoms with van der Waals surface area (Å²) in [6.07, 6.45) is 1.63. The molecule has 4 nitrogen and oxygen atoms in total. The number of halogens is 2. The molecular formula is C17H12F2N2O2. The van der Waals surface area contributed by atoms with Gasteiger partial charge < -0.3 is 10.4 Å². The highest BCUT2D eigenvalue weighted by molar-refractivity contribution is 5.94. The molecule has 23 heavy (non-hydrogen) atoms. The van der Waals surface area contributed by atoms with Crippen molar-refractivity contribution in [1.82, 2.24) is 10.3 Å². The SMILES string of the molecule is O=C(NCc1ccnc2ccccc12)c1cc(F)c(O)c(F)c1. The predicted octanol–water partition coefficient (Wildman–Crippen LogP) is 3.15. The second-order valence-corrected chi connectivity index (χ2v) is 4.96. The van der Waals surface area contributed by atoms with E-state index in [1.54, 1.807) is 12.3 Å². The van der Waals surface area contributed by atoms with Gasteiger partial charge in [-0.3, -0.25) is 9.78 Å². The molecule has 2 N–H and O–H groups in total. The van der Waals surface area contributed by atoms with Gasteiger partial charge in [0.1, 0.15) is 0 Å². The second-order valence-electron chi connectivity index (χ2n) is 4.96. The first-order valence-corrected chi connectivity index (χ1v) is 6.85. The number of para-hydroxylation sites is 1. The Morgan fingerprint density at radius 3 is 2.57 bits per heavy atom. The molecule has 0 radical (unpaired) electrons. The number of phenolic OH excluding ortho intramolecular Hbond substituents is 1. The maximum Gasteiger partial charge on any atom is 0.251 e. The van der Waals surface area contributed by atoms with Crippen molar-refractivity contribution >= 4 is 16.8 Å². The van der Waals surface area contributed by atoms with E-state index in [4.69, 9.17) is 5.11 Å². The number of benzene rings is 2. The number of nitrogens with one attached hydrogen (secondary N) is 1. The van der Waals surface area contributed by atoms with Crippen LogP contribution in [0.4, 0.5) is 8.78 Å². The molecule has 0 saturated heterocycles. The Morgan fingerprint density at radius 1 is 1.13 bits per heavy atom. The predicted molar refractivity (Wildman–Crippen MR) is 80.9 cm³/mol. The molecule has 0 unspecified atom stereocenters. The van der Waals surface area contributed by atoms with Gasteiger partial charge in [0.25, 0.3) is 5.91 Å². The third-order valence-corrected chi connectivity index (χ3v) is 3.46. The van der Waals surface area contributed by atoms with Gasteiger partial charge in [-0.05, 0) is 29.8 Å². The lowest BCUT2D eigenvalue weighted by Crippen LogP contribution is -2.23. The molecule has 116 valence electrons. The minimum atomic E-state index is -1.18. The quantitative estimate of drug-likeness (QED) is 0.780. The van der Waals surface area contributed by atoms with E-state index in [0.29, 0.717) is 0 Å². The Bertz CT molecular complexity index is 868. The second kappa shape index (κ2) is 6.00. The van der Waals surface area contributed by atoms with Crippen LogP contribution in [0.15, 0.2) is 48.7 Å². The van der Waals surface area contributed by atoms with Gasteiger partial charge in [0.05, 0.1) is 5.52 Å². The largest absolute Gasteiger partial charge is 0.503 e. The molecule has 1 amide bonds. The Morgan fingerprint density at radius 2 is 1.83 bits per heavy atom. The van der Waals surface area contributed by atoms with Gasteiger partial charge in [-0.1, -0.05) is 18.2 Å². The number of phenols is 1. The van der Waals surface area contributed by atoms with Gasteiger partial charge in [0.15, 0.2) is 17.4 Å². The highest BCUT2D eigenvalue weighted by atomic mass is 19.1. The average Bonchev–Trinajstić information content (AvgIpc) is 2.57. The van der Waals surface area contributed by atoms with Crippen LogP contribution < -0.4 is 5.32 Å². The number of hydrogen-bond acceptors (Lipinski definition) is 3. The molecule has 0 saturated carbocycles. The lowest BCUT2D eigenvalue weighted by atomic mass is 10.1. The van der Waals surface area contributed by atoms with E-state index in [1.165, 1.54) is 0 Å². The van der Waals surface area contributed by atoms with Crippen LogP contribution in [0.25, 0.3) is 10.9 Å². The minimum Gasteiger partial charge on any atom is -0.503 e. The fraction of sp³-hybridized carbons (Fsp3) is 0.0588. The van der Waals surface area contributed by atoms with Crippen LogP contribution in [0, 0.1) is 11.6 Å². The Hall–Kier alpha value is -3.02. The molecule has 0 spiro atoms. The average molecular weight is 314 g/mol. The summed E-state index contributed by atoms with van der Waals surface area (Å²) in [6.45, 7) is 0.186. The zero-order valence-electron chi connectivity index (χ0n) is 11.9. The number of aromatic hydroxyl groups is 1. The molecule has 6 heteroatoms. The van der Waals surface area contributed by atoms with E-state index in [1.807, 2.05) is 24.3 Å². The molecule has 0 aliphatic rings. The third kappa shape index (κ3) is 2.96. The molecule has 3 rings (SSSR count). The summed E-state index contributed by atoms with van der Waals surface area (Å²) < 4.78 is 26.6. The first kappa shape index (κ1) is 14.9. The van der Waals surface area contributed by atoms with E-state index in [0.717, 1.165) is 28.6 Å². The van der Waals surface area contributed by atoms with Crippen molar-refractivity contribution in [3.05, 3.63) is 71.4 Å². The van der Waals surface area contributed by atoms with Crippen molar-refractivity contribution in [2.24, 2.45) is 0 Å². The summed E-state index contributed by atoms with van der Waals surface area (Å²) >= 11 is 0. The van der Waals surface area contributed by atoms with Gasteiger partial charge in [0, 0.05) is 23.7 Å². The molecule has 0 aliphatic carbocycles. The molecule has 0 aliphatic heterocycles. The van der Waals surface area contributed by atoms with Crippen LogP contribution in [0.1, 0.15) is 15.9 Å². The van der Waals surface area contributed by atoms with Gasteiger partial charge in [0.2, 0.25) is 0 Å². The first-order chi connectivity index (χ1) is 11.1. The molecule has 1 aromatic heterocycles. The maximum atomic E-state index is 13.3. The van der Waals surface area contributed by atoms with Crippen LogP contribution in [-0.2, 0) is 6.54 Å². The summed E-state index contributed by atoms with van der Waals surface area (Å²) in [5.41, 5.74) is 1.43. The first-order valence-electron chi connectivity index (χ1n) is 6.85. The van der Waals surface area contributed by atoms with Crippen LogP contribution in [0.5, 0.6) is 5.75 Å². The lowest BCUT2D eigenvalue weighted by molar-refractivity contribution is 0.0950. The highest BCUT2D eigenvalue weighted by Crippen LogP contribution is 2.21. The van der Waals surface area contributed by atoms with E-state index in [-0.39, 0.29) is 12.1 Å². The number of hydrogen-bond donors (Lipinski definition) is 2. The van der Waals surface area contributed by atoms with Crippen LogP contribution in [0.2, 0.25) is 0 Å². The highest BCUT2D eigenvalue weighted by Gasteiger charge is 2.14. The molecule has 0 fully saturated rings. The van der Waals surface area contributed by atoms with Gasteiger partial charge in [-0.25, -0.2) is 8.78 Å². The van der Waals surface area contributed by atoms with Crippen LogP contribution >= 0.6 is 0 Å². The number of rotatable bonds is 3. The van der Waals surface area contributed by atoms with Crippen molar-refractivity contribution in [1.29, 1.82) is 0 Å². The monoisotopic (exact) mass is 314 g/mol. The van der Waals surface area contributed by atoms with Gasteiger partial charge in [-0.15, -0.1) is 0 Å². The molecule has 1 heterocycles. The molecule has 2 aromatic carbocycles. The molecule has 0 bridgehead atoms. The van der Waals surface area contributed by atoms with E-state index < -0.39 is 23.3 Å². The number of pyridine rings is 1. The summed E-state index contributed by atoms with van der Waals surface area (Å²) in [4.78, 5) is 16.2. The summed E-state index contributed by atoms with van der Waals surface area (Å²) in [6, 6.07) is 10.8. The number of carbonyl (C=O) groups is 1. The van der Waals surface area contributed by atoms with E-state index in [9.17, 15) is 13.6 Å². The molecule has 3 aromatic rings. The molecule has 0 atom stereocenters. The number of nitrogens with zero attached hydrogens (tertiary/aromatic N) is 1. The summed E-state index contributed by atoms with van der Waals surface area (Å²) in [5, 5.41) is 12.5. The number of aromatic nitrogens is 1. The van der Waals surface area contributed by atoms with Crippen molar-refractivity contribution in [2.45, 2.75) is 6.54 Å². The van der Waals surface area contributed by atoms with Gasteiger partial charge in [-0.2, -0.15) is 0 Å². The van der Waals surface area contributed by atoms with Gasteiger partial charge >= 0.3 is 0 Å². The zero-order valence-corrected chi connectivity index (χ0v) is 11.9. The fourth-order valence-electron chi connectivity index (χ4n) is 2.28. The number of fused-ring (bicyclic) bond motifs is 1. The van der Waals surface area contributed by atoms with Crippen molar-refractivity contribution < 1.29 is 18.7 Å². The normalized spacial score (nSPS) is 10.7.